The topological polar surface area (TPSA) is 76.7 Å². The number of nitrogens with one attached hydrogen (secondary N) is 2. The molecule has 0 aliphatic heterocycles. The lowest BCUT2D eigenvalue weighted by Crippen LogP contribution is -2.39. The third-order valence-electron chi connectivity index (χ3n) is 4.89. The maximum absolute atomic E-state index is 12.0. The largest absolute Gasteiger partial charge is 0.484 e. The number of ether oxygens (including phenoxy) is 2. The van der Waals surface area contributed by atoms with E-state index in [1.165, 1.54) is 6.42 Å². The highest BCUT2D eigenvalue weighted by atomic mass is 16.5. The monoisotopic (exact) mass is 396 g/mol. The summed E-state index contributed by atoms with van der Waals surface area (Å²) in [4.78, 5) is 23.9. The average molecular weight is 396 g/mol. The van der Waals surface area contributed by atoms with Gasteiger partial charge in [-0.25, -0.2) is 0 Å². The molecule has 0 unspecified atom stereocenters. The van der Waals surface area contributed by atoms with Crippen molar-refractivity contribution in [2.45, 2.75) is 32.1 Å². The third-order valence-corrected chi connectivity index (χ3v) is 4.89. The van der Waals surface area contributed by atoms with Crippen LogP contribution in [0.3, 0.4) is 0 Å². The standard InChI is InChI=1S/C23H28N2O4/c26-22(24-15-16-25-23(27)18-7-3-1-4-8-18)17-28-19-11-13-21(14-12-19)29-20-9-5-2-6-10-20/h2,5-6,9-14,18H,1,3-4,7-8,15-17H2,(H,24,26)(H,25,27). The van der Waals surface area contributed by atoms with Crippen LogP contribution in [0.5, 0.6) is 17.2 Å². The maximum Gasteiger partial charge on any atom is 0.258 e. The van der Waals surface area contributed by atoms with Gasteiger partial charge in [-0.15, -0.1) is 0 Å². The quantitative estimate of drug-likeness (QED) is 0.634. The molecule has 1 aliphatic rings. The van der Waals surface area contributed by atoms with E-state index in [9.17, 15) is 9.59 Å². The fourth-order valence-electron chi connectivity index (χ4n) is 3.33. The van der Waals surface area contributed by atoms with Crippen molar-refractivity contribution in [3.8, 4) is 17.2 Å². The van der Waals surface area contributed by atoms with Crippen LogP contribution >= 0.6 is 0 Å². The first-order chi connectivity index (χ1) is 14.2. The lowest BCUT2D eigenvalue weighted by Gasteiger charge is -2.20. The normalized spacial score (nSPS) is 14.1. The second-order valence-electron chi connectivity index (χ2n) is 7.15. The van der Waals surface area contributed by atoms with Gasteiger partial charge in [0.15, 0.2) is 6.61 Å². The van der Waals surface area contributed by atoms with Gasteiger partial charge in [-0.2, -0.15) is 0 Å². The SMILES string of the molecule is O=C(COc1ccc(Oc2ccccc2)cc1)NCCNC(=O)C1CCCCC1. The Morgan fingerprint density at radius 2 is 1.41 bits per heavy atom. The molecule has 6 nitrogen and oxygen atoms in total. The maximum atomic E-state index is 12.0. The molecule has 6 heteroatoms. The fourth-order valence-corrected chi connectivity index (χ4v) is 3.33. The van der Waals surface area contributed by atoms with E-state index in [1.54, 1.807) is 24.3 Å². The highest BCUT2D eigenvalue weighted by Crippen LogP contribution is 2.24. The number of rotatable bonds is 9. The number of carbonyl (C=O) groups excluding carboxylic acids is 2. The van der Waals surface area contributed by atoms with Crippen molar-refractivity contribution in [3.63, 3.8) is 0 Å². The Balaban J connectivity index is 1.30. The van der Waals surface area contributed by atoms with Gasteiger partial charge in [0.05, 0.1) is 0 Å². The number of hydrogen-bond donors (Lipinski definition) is 2. The zero-order valence-corrected chi connectivity index (χ0v) is 16.6. The molecule has 1 aliphatic carbocycles. The number of para-hydroxylation sites is 1. The predicted molar refractivity (Wildman–Crippen MR) is 111 cm³/mol. The molecule has 0 radical (unpaired) electrons. The van der Waals surface area contributed by atoms with Crippen molar-refractivity contribution in [1.29, 1.82) is 0 Å². The summed E-state index contributed by atoms with van der Waals surface area (Å²) in [7, 11) is 0. The summed E-state index contributed by atoms with van der Waals surface area (Å²) in [6, 6.07) is 16.6. The van der Waals surface area contributed by atoms with E-state index in [4.69, 9.17) is 9.47 Å². The summed E-state index contributed by atoms with van der Waals surface area (Å²) in [5, 5.41) is 5.65. The van der Waals surface area contributed by atoms with Crippen molar-refractivity contribution < 1.29 is 19.1 Å². The Kier molecular flexibility index (Phi) is 7.92. The number of benzene rings is 2. The molecule has 1 saturated carbocycles. The van der Waals surface area contributed by atoms with Gasteiger partial charge in [0.2, 0.25) is 5.91 Å². The van der Waals surface area contributed by atoms with Crippen LogP contribution < -0.4 is 20.1 Å². The Bertz CT molecular complexity index is 771. The van der Waals surface area contributed by atoms with E-state index >= 15 is 0 Å². The molecule has 0 spiro atoms. The zero-order valence-electron chi connectivity index (χ0n) is 16.6. The van der Waals surface area contributed by atoms with E-state index in [0.29, 0.717) is 24.6 Å². The Labute approximate surface area is 171 Å². The minimum absolute atomic E-state index is 0.0739. The molecule has 2 N–H and O–H groups in total. The van der Waals surface area contributed by atoms with Gasteiger partial charge in [0, 0.05) is 19.0 Å². The van der Waals surface area contributed by atoms with Gasteiger partial charge < -0.3 is 20.1 Å². The highest BCUT2D eigenvalue weighted by molar-refractivity contribution is 5.79. The summed E-state index contributed by atoms with van der Waals surface area (Å²) < 4.78 is 11.2. The minimum atomic E-state index is -0.221. The van der Waals surface area contributed by atoms with Gasteiger partial charge >= 0.3 is 0 Å². The molecule has 0 atom stereocenters. The van der Waals surface area contributed by atoms with Gasteiger partial charge in [-0.3, -0.25) is 9.59 Å². The molecule has 1 fully saturated rings. The van der Waals surface area contributed by atoms with Crippen LogP contribution in [0.2, 0.25) is 0 Å². The van der Waals surface area contributed by atoms with Gasteiger partial charge in [0.25, 0.3) is 5.91 Å². The highest BCUT2D eigenvalue weighted by Gasteiger charge is 2.20. The van der Waals surface area contributed by atoms with Crippen molar-refractivity contribution >= 4 is 11.8 Å². The summed E-state index contributed by atoms with van der Waals surface area (Å²) >= 11 is 0. The van der Waals surface area contributed by atoms with E-state index in [2.05, 4.69) is 10.6 Å². The zero-order chi connectivity index (χ0) is 20.3. The lowest BCUT2D eigenvalue weighted by molar-refractivity contribution is -0.126. The molecule has 0 bridgehead atoms. The third kappa shape index (κ3) is 7.14. The van der Waals surface area contributed by atoms with E-state index in [0.717, 1.165) is 31.4 Å². The Morgan fingerprint density at radius 1 is 0.793 bits per heavy atom. The van der Waals surface area contributed by atoms with Crippen LogP contribution in [0.4, 0.5) is 0 Å². The average Bonchev–Trinajstić information content (AvgIpc) is 2.77. The first kappa shape index (κ1) is 20.7. The summed E-state index contributed by atoms with van der Waals surface area (Å²) in [5.74, 6) is 2.06. The molecule has 2 amide bonds. The van der Waals surface area contributed by atoms with Gasteiger partial charge in [-0.1, -0.05) is 37.5 Å². The molecule has 0 aromatic heterocycles. The van der Waals surface area contributed by atoms with Crippen LogP contribution in [0, 0.1) is 5.92 Å². The molecule has 2 aromatic carbocycles. The van der Waals surface area contributed by atoms with E-state index in [1.807, 2.05) is 30.3 Å². The molecular formula is C23H28N2O4. The Hall–Kier alpha value is -3.02. The van der Waals surface area contributed by atoms with E-state index in [-0.39, 0.29) is 24.3 Å². The van der Waals surface area contributed by atoms with Gasteiger partial charge in [0.1, 0.15) is 17.2 Å². The van der Waals surface area contributed by atoms with Gasteiger partial charge in [-0.05, 0) is 49.2 Å². The first-order valence-electron chi connectivity index (χ1n) is 10.2. The summed E-state index contributed by atoms with van der Waals surface area (Å²) in [6.07, 6.45) is 5.43. The van der Waals surface area contributed by atoms with Crippen molar-refractivity contribution in [1.82, 2.24) is 10.6 Å². The van der Waals surface area contributed by atoms with Crippen LogP contribution in [0.25, 0.3) is 0 Å². The minimum Gasteiger partial charge on any atom is -0.484 e. The van der Waals surface area contributed by atoms with Crippen molar-refractivity contribution in [3.05, 3.63) is 54.6 Å². The summed E-state index contributed by atoms with van der Waals surface area (Å²) in [6.45, 7) is 0.757. The molecule has 0 saturated heterocycles. The molecule has 154 valence electrons. The first-order valence-corrected chi connectivity index (χ1v) is 10.2. The number of carbonyl (C=O) groups is 2. The Morgan fingerprint density at radius 3 is 2.14 bits per heavy atom. The number of amides is 2. The van der Waals surface area contributed by atoms with Crippen molar-refractivity contribution in [2.75, 3.05) is 19.7 Å². The second-order valence-corrected chi connectivity index (χ2v) is 7.15. The molecule has 3 rings (SSSR count). The van der Waals surface area contributed by atoms with Crippen LogP contribution in [-0.2, 0) is 9.59 Å². The lowest BCUT2D eigenvalue weighted by atomic mass is 9.89. The molecule has 0 heterocycles. The molecule has 2 aromatic rings. The molecule has 29 heavy (non-hydrogen) atoms. The number of hydrogen-bond acceptors (Lipinski definition) is 4. The second kappa shape index (κ2) is 11.1. The van der Waals surface area contributed by atoms with Crippen LogP contribution in [0.1, 0.15) is 32.1 Å². The molecular weight excluding hydrogens is 368 g/mol. The van der Waals surface area contributed by atoms with Crippen LogP contribution in [0.15, 0.2) is 54.6 Å². The van der Waals surface area contributed by atoms with Crippen LogP contribution in [-0.4, -0.2) is 31.5 Å². The smallest absolute Gasteiger partial charge is 0.258 e. The van der Waals surface area contributed by atoms with E-state index < -0.39 is 0 Å². The summed E-state index contributed by atoms with van der Waals surface area (Å²) in [5.41, 5.74) is 0. The predicted octanol–water partition coefficient (Wildman–Crippen LogP) is 3.67. The fraction of sp³-hybridized carbons (Fsp3) is 0.391. The van der Waals surface area contributed by atoms with Crippen molar-refractivity contribution in [2.24, 2.45) is 5.92 Å².